The fourth-order valence-corrected chi connectivity index (χ4v) is 1.90. The highest BCUT2D eigenvalue weighted by molar-refractivity contribution is 5.86. The highest BCUT2D eigenvalue weighted by Gasteiger charge is 2.23. The SMILES string of the molecule is C=CC(=O)N(CC)CC1COc2ccccc2O1. The lowest BCUT2D eigenvalue weighted by molar-refractivity contribution is -0.127. The maximum Gasteiger partial charge on any atom is 0.246 e. The van der Waals surface area contributed by atoms with E-state index in [4.69, 9.17) is 9.47 Å². The molecule has 0 N–H and O–H groups in total. The number of hydrogen-bond donors (Lipinski definition) is 0. The van der Waals surface area contributed by atoms with Gasteiger partial charge >= 0.3 is 0 Å². The van der Waals surface area contributed by atoms with Gasteiger partial charge in [-0.15, -0.1) is 0 Å². The van der Waals surface area contributed by atoms with Crippen LogP contribution in [0.2, 0.25) is 0 Å². The van der Waals surface area contributed by atoms with Crippen molar-refractivity contribution in [2.45, 2.75) is 13.0 Å². The molecular formula is C14H17NO3. The molecule has 0 radical (unpaired) electrons. The summed E-state index contributed by atoms with van der Waals surface area (Å²) in [5.74, 6) is 1.41. The average molecular weight is 247 g/mol. The van der Waals surface area contributed by atoms with Crippen molar-refractivity contribution >= 4 is 5.91 Å². The molecule has 0 saturated carbocycles. The Hall–Kier alpha value is -1.97. The predicted molar refractivity (Wildman–Crippen MR) is 68.8 cm³/mol. The molecule has 1 unspecified atom stereocenters. The first-order valence-corrected chi connectivity index (χ1v) is 6.04. The van der Waals surface area contributed by atoms with Crippen molar-refractivity contribution < 1.29 is 14.3 Å². The zero-order chi connectivity index (χ0) is 13.0. The summed E-state index contributed by atoms with van der Waals surface area (Å²) >= 11 is 0. The molecule has 0 aliphatic carbocycles. The van der Waals surface area contributed by atoms with E-state index in [0.29, 0.717) is 19.7 Å². The third-order valence-electron chi connectivity index (χ3n) is 2.86. The van der Waals surface area contributed by atoms with Gasteiger partial charge in [0.15, 0.2) is 17.6 Å². The Kier molecular flexibility index (Phi) is 3.87. The summed E-state index contributed by atoms with van der Waals surface area (Å²) in [5, 5.41) is 0. The first-order chi connectivity index (χ1) is 8.74. The number of para-hydroxylation sites is 2. The standard InChI is InChI=1S/C14H17NO3/c1-3-14(16)15(4-2)9-11-10-17-12-7-5-6-8-13(12)18-11/h3,5-8,11H,1,4,9-10H2,2H3. The molecule has 0 aromatic heterocycles. The lowest BCUT2D eigenvalue weighted by Gasteiger charge is -2.30. The molecular weight excluding hydrogens is 230 g/mol. The molecule has 4 nitrogen and oxygen atoms in total. The number of rotatable bonds is 4. The first-order valence-electron chi connectivity index (χ1n) is 6.04. The number of carbonyl (C=O) groups excluding carboxylic acids is 1. The van der Waals surface area contributed by atoms with E-state index in [1.165, 1.54) is 6.08 Å². The van der Waals surface area contributed by atoms with Crippen LogP contribution in [0.4, 0.5) is 0 Å². The summed E-state index contributed by atoms with van der Waals surface area (Å²) in [6, 6.07) is 7.55. The van der Waals surface area contributed by atoms with Gasteiger partial charge in [-0.3, -0.25) is 4.79 Å². The molecule has 1 aliphatic rings. The van der Waals surface area contributed by atoms with Crippen molar-refractivity contribution in [3.8, 4) is 11.5 Å². The van der Waals surface area contributed by atoms with Gasteiger partial charge in [0.2, 0.25) is 5.91 Å². The van der Waals surface area contributed by atoms with Gasteiger partial charge in [-0.25, -0.2) is 0 Å². The Morgan fingerprint density at radius 3 is 2.89 bits per heavy atom. The van der Waals surface area contributed by atoms with E-state index in [-0.39, 0.29) is 12.0 Å². The van der Waals surface area contributed by atoms with Crippen LogP contribution in [0.3, 0.4) is 0 Å². The van der Waals surface area contributed by atoms with E-state index >= 15 is 0 Å². The summed E-state index contributed by atoms with van der Waals surface area (Å²) in [7, 11) is 0. The van der Waals surface area contributed by atoms with E-state index in [0.717, 1.165) is 11.5 Å². The quantitative estimate of drug-likeness (QED) is 0.762. The fourth-order valence-electron chi connectivity index (χ4n) is 1.90. The largest absolute Gasteiger partial charge is 0.486 e. The minimum absolute atomic E-state index is 0.0834. The zero-order valence-corrected chi connectivity index (χ0v) is 10.5. The molecule has 0 spiro atoms. The number of benzene rings is 1. The number of amides is 1. The van der Waals surface area contributed by atoms with Crippen LogP contribution in [0, 0.1) is 0 Å². The van der Waals surface area contributed by atoms with E-state index in [1.54, 1.807) is 4.90 Å². The van der Waals surface area contributed by atoms with Crippen LogP contribution >= 0.6 is 0 Å². The molecule has 1 aliphatic heterocycles. The normalized spacial score (nSPS) is 17.1. The molecule has 2 rings (SSSR count). The molecule has 0 saturated heterocycles. The van der Waals surface area contributed by atoms with Crippen molar-refractivity contribution in [1.29, 1.82) is 0 Å². The third kappa shape index (κ3) is 2.64. The third-order valence-corrected chi connectivity index (χ3v) is 2.86. The summed E-state index contributed by atoms with van der Waals surface area (Å²) in [6.07, 6.45) is 1.19. The van der Waals surface area contributed by atoms with E-state index in [9.17, 15) is 4.79 Å². The Morgan fingerprint density at radius 1 is 1.50 bits per heavy atom. The number of carbonyl (C=O) groups is 1. The number of likely N-dealkylation sites (N-methyl/N-ethyl adjacent to an activating group) is 1. The van der Waals surface area contributed by atoms with Crippen LogP contribution in [0.15, 0.2) is 36.9 Å². The Bertz CT molecular complexity index is 444. The highest BCUT2D eigenvalue weighted by atomic mass is 16.6. The molecule has 0 bridgehead atoms. The number of fused-ring (bicyclic) bond motifs is 1. The molecule has 1 aromatic rings. The number of hydrogen-bond acceptors (Lipinski definition) is 3. The fraction of sp³-hybridized carbons (Fsp3) is 0.357. The maximum absolute atomic E-state index is 11.6. The summed E-state index contributed by atoms with van der Waals surface area (Å²) < 4.78 is 11.4. The number of nitrogens with zero attached hydrogens (tertiary/aromatic N) is 1. The predicted octanol–water partition coefficient (Wildman–Crippen LogP) is 1.86. The van der Waals surface area contributed by atoms with Crippen LogP contribution < -0.4 is 9.47 Å². The molecule has 1 atom stereocenters. The second-order valence-electron chi connectivity index (χ2n) is 4.08. The van der Waals surface area contributed by atoms with Crippen LogP contribution in [-0.4, -0.2) is 36.6 Å². The van der Waals surface area contributed by atoms with E-state index in [1.807, 2.05) is 31.2 Å². The van der Waals surface area contributed by atoms with Crippen molar-refractivity contribution in [2.75, 3.05) is 19.7 Å². The first kappa shape index (κ1) is 12.5. The average Bonchev–Trinajstić information content (AvgIpc) is 2.43. The van der Waals surface area contributed by atoms with Gasteiger partial charge in [-0.1, -0.05) is 18.7 Å². The molecule has 18 heavy (non-hydrogen) atoms. The topological polar surface area (TPSA) is 38.8 Å². The summed E-state index contributed by atoms with van der Waals surface area (Å²) in [4.78, 5) is 13.3. The molecule has 1 amide bonds. The van der Waals surface area contributed by atoms with Crippen LogP contribution in [0.5, 0.6) is 11.5 Å². The van der Waals surface area contributed by atoms with E-state index < -0.39 is 0 Å². The Labute approximate surface area is 107 Å². The lowest BCUT2D eigenvalue weighted by atomic mass is 10.2. The monoisotopic (exact) mass is 247 g/mol. The molecule has 1 aromatic carbocycles. The molecule has 1 heterocycles. The second kappa shape index (κ2) is 5.58. The minimum atomic E-state index is -0.135. The Morgan fingerprint density at radius 2 is 2.22 bits per heavy atom. The highest BCUT2D eigenvalue weighted by Crippen LogP contribution is 2.30. The van der Waals surface area contributed by atoms with Crippen LogP contribution in [0.25, 0.3) is 0 Å². The van der Waals surface area contributed by atoms with Crippen molar-refractivity contribution in [3.05, 3.63) is 36.9 Å². The zero-order valence-electron chi connectivity index (χ0n) is 10.5. The van der Waals surface area contributed by atoms with Gasteiger partial charge in [0.1, 0.15) is 6.61 Å². The van der Waals surface area contributed by atoms with Gasteiger partial charge in [0.05, 0.1) is 6.54 Å². The Balaban J connectivity index is 2.01. The van der Waals surface area contributed by atoms with Gasteiger partial charge in [0.25, 0.3) is 0 Å². The smallest absolute Gasteiger partial charge is 0.246 e. The van der Waals surface area contributed by atoms with Crippen molar-refractivity contribution in [1.82, 2.24) is 4.90 Å². The van der Waals surface area contributed by atoms with Gasteiger partial charge in [-0.05, 0) is 25.1 Å². The summed E-state index contributed by atoms with van der Waals surface area (Å²) in [6.45, 7) is 7.02. The van der Waals surface area contributed by atoms with E-state index in [2.05, 4.69) is 6.58 Å². The van der Waals surface area contributed by atoms with Crippen LogP contribution in [-0.2, 0) is 4.79 Å². The van der Waals surface area contributed by atoms with Gasteiger partial charge in [-0.2, -0.15) is 0 Å². The molecule has 4 heteroatoms. The summed E-state index contributed by atoms with van der Waals surface area (Å²) in [5.41, 5.74) is 0. The molecule has 96 valence electrons. The van der Waals surface area contributed by atoms with Crippen molar-refractivity contribution in [3.63, 3.8) is 0 Å². The lowest BCUT2D eigenvalue weighted by Crippen LogP contribution is -2.43. The minimum Gasteiger partial charge on any atom is -0.486 e. The van der Waals surface area contributed by atoms with Gasteiger partial charge < -0.3 is 14.4 Å². The van der Waals surface area contributed by atoms with Crippen molar-refractivity contribution in [2.24, 2.45) is 0 Å². The second-order valence-corrected chi connectivity index (χ2v) is 4.08. The van der Waals surface area contributed by atoms with Crippen LogP contribution in [0.1, 0.15) is 6.92 Å². The molecule has 0 fully saturated rings. The van der Waals surface area contributed by atoms with Gasteiger partial charge in [0, 0.05) is 6.54 Å². The maximum atomic E-state index is 11.6. The number of ether oxygens (including phenoxy) is 2.